The SMILES string of the molecule is O=S(=O)(O)C1(S(=O)(=O)O)CCCCCCC1. The van der Waals surface area contributed by atoms with E-state index < -0.39 is 24.3 Å². The molecule has 0 saturated heterocycles. The van der Waals surface area contributed by atoms with Crippen molar-refractivity contribution in [1.29, 1.82) is 0 Å². The lowest BCUT2D eigenvalue weighted by Gasteiger charge is -2.28. The molecule has 2 N–H and O–H groups in total. The molecule has 1 saturated carbocycles. The molecule has 0 aliphatic heterocycles. The second-order valence-corrected chi connectivity index (χ2v) is 7.85. The Balaban J connectivity index is 3.22. The van der Waals surface area contributed by atoms with Crippen LogP contribution in [-0.2, 0) is 20.2 Å². The molecule has 0 heterocycles. The Morgan fingerprint density at radius 1 is 0.688 bits per heavy atom. The van der Waals surface area contributed by atoms with Crippen molar-refractivity contribution in [1.82, 2.24) is 0 Å². The molecule has 0 bridgehead atoms. The topological polar surface area (TPSA) is 109 Å². The molecule has 0 amide bonds. The zero-order valence-electron chi connectivity index (χ0n) is 8.79. The van der Waals surface area contributed by atoms with E-state index in [2.05, 4.69) is 0 Å². The zero-order chi connectivity index (χ0) is 12.4. The summed E-state index contributed by atoms with van der Waals surface area (Å²) < 4.78 is 60.7. The van der Waals surface area contributed by atoms with Crippen molar-refractivity contribution < 1.29 is 25.9 Å². The summed E-state index contributed by atoms with van der Waals surface area (Å²) in [5.41, 5.74) is 0. The largest absolute Gasteiger partial charge is 0.287 e. The van der Waals surface area contributed by atoms with Crippen LogP contribution in [-0.4, -0.2) is 30.0 Å². The molecule has 8 heteroatoms. The summed E-state index contributed by atoms with van der Waals surface area (Å²) in [6, 6.07) is 0. The van der Waals surface area contributed by atoms with Crippen LogP contribution < -0.4 is 0 Å². The maximum absolute atomic E-state index is 11.2. The Hall–Kier alpha value is -0.180. The lowest BCUT2D eigenvalue weighted by molar-refractivity contribution is 0.377. The predicted molar refractivity (Wildman–Crippen MR) is 58.1 cm³/mol. The molecule has 0 atom stereocenters. The van der Waals surface area contributed by atoms with E-state index in [9.17, 15) is 16.8 Å². The van der Waals surface area contributed by atoms with E-state index in [1.54, 1.807) is 0 Å². The number of rotatable bonds is 2. The van der Waals surface area contributed by atoms with E-state index in [0.717, 1.165) is 6.42 Å². The second-order valence-electron chi connectivity index (χ2n) is 4.13. The summed E-state index contributed by atoms with van der Waals surface area (Å²) in [4.78, 5) is 0. The first-order valence-corrected chi connectivity index (χ1v) is 8.03. The molecule has 0 spiro atoms. The van der Waals surface area contributed by atoms with Crippen LogP contribution in [0.15, 0.2) is 0 Å². The molecule has 0 radical (unpaired) electrons. The quantitative estimate of drug-likeness (QED) is 0.731. The van der Waals surface area contributed by atoms with Crippen molar-refractivity contribution in [3.8, 4) is 0 Å². The van der Waals surface area contributed by atoms with Gasteiger partial charge in [-0.15, -0.1) is 0 Å². The Morgan fingerprint density at radius 3 is 1.31 bits per heavy atom. The van der Waals surface area contributed by atoms with Crippen LogP contribution in [0.5, 0.6) is 0 Å². The third-order valence-corrected chi connectivity index (χ3v) is 7.02. The van der Waals surface area contributed by atoms with E-state index in [-0.39, 0.29) is 12.8 Å². The van der Waals surface area contributed by atoms with Crippen LogP contribution >= 0.6 is 0 Å². The van der Waals surface area contributed by atoms with Gasteiger partial charge < -0.3 is 0 Å². The summed E-state index contributed by atoms with van der Waals surface area (Å²) >= 11 is 0. The van der Waals surface area contributed by atoms with Gasteiger partial charge in [0.15, 0.2) is 0 Å². The fraction of sp³-hybridized carbons (Fsp3) is 1.00. The first kappa shape index (κ1) is 13.9. The second kappa shape index (κ2) is 4.59. The van der Waals surface area contributed by atoms with E-state index in [1.807, 2.05) is 0 Å². The Kier molecular flexibility index (Phi) is 3.99. The van der Waals surface area contributed by atoms with Gasteiger partial charge >= 0.3 is 0 Å². The average Bonchev–Trinajstić information content (AvgIpc) is 1.97. The maximum atomic E-state index is 11.2. The van der Waals surface area contributed by atoms with Crippen LogP contribution in [0.3, 0.4) is 0 Å². The highest BCUT2D eigenvalue weighted by Crippen LogP contribution is 2.36. The fourth-order valence-electron chi connectivity index (χ4n) is 2.09. The summed E-state index contributed by atoms with van der Waals surface area (Å²) in [6.07, 6.45) is 2.54. The molecule has 0 aromatic carbocycles. The van der Waals surface area contributed by atoms with Gasteiger partial charge in [-0.1, -0.05) is 32.1 Å². The zero-order valence-corrected chi connectivity index (χ0v) is 10.4. The molecule has 0 aromatic heterocycles. The monoisotopic (exact) mass is 272 g/mol. The first-order chi connectivity index (χ1) is 7.21. The van der Waals surface area contributed by atoms with Crippen LogP contribution in [0.1, 0.15) is 44.9 Å². The number of hydrogen-bond donors (Lipinski definition) is 2. The molecule has 6 nitrogen and oxygen atoms in total. The van der Waals surface area contributed by atoms with Crippen LogP contribution in [0, 0.1) is 0 Å². The molecule has 1 aliphatic rings. The van der Waals surface area contributed by atoms with Gasteiger partial charge in [-0.25, -0.2) is 0 Å². The van der Waals surface area contributed by atoms with E-state index in [0.29, 0.717) is 25.7 Å². The minimum Gasteiger partial charge on any atom is -0.284 e. The molecule has 1 rings (SSSR count). The molecular weight excluding hydrogens is 256 g/mol. The highest BCUT2D eigenvalue weighted by atomic mass is 32.3. The molecule has 0 aromatic rings. The normalized spacial score (nSPS) is 23.4. The van der Waals surface area contributed by atoms with Gasteiger partial charge in [0.25, 0.3) is 20.2 Å². The molecule has 1 aliphatic carbocycles. The van der Waals surface area contributed by atoms with Crippen molar-refractivity contribution in [2.24, 2.45) is 0 Å². The van der Waals surface area contributed by atoms with E-state index in [1.165, 1.54) is 0 Å². The third-order valence-electron chi connectivity index (χ3n) is 3.06. The Bertz CT molecular complexity index is 393. The molecule has 0 unspecified atom stereocenters. The third kappa shape index (κ3) is 2.55. The van der Waals surface area contributed by atoms with Crippen molar-refractivity contribution >= 4 is 20.2 Å². The molecular formula is C8H16O6S2. The van der Waals surface area contributed by atoms with Gasteiger partial charge in [-0.2, -0.15) is 16.8 Å². The highest BCUT2D eigenvalue weighted by molar-refractivity contribution is 8.05. The Morgan fingerprint density at radius 2 is 1.00 bits per heavy atom. The van der Waals surface area contributed by atoms with Crippen molar-refractivity contribution in [2.45, 2.75) is 49.0 Å². The lowest BCUT2D eigenvalue weighted by Crippen LogP contribution is -2.46. The van der Waals surface area contributed by atoms with Gasteiger partial charge in [-0.05, 0) is 12.8 Å². The average molecular weight is 272 g/mol. The minimum atomic E-state index is -4.82. The predicted octanol–water partition coefficient (Wildman–Crippen LogP) is 1.20. The lowest BCUT2D eigenvalue weighted by atomic mass is 10.00. The van der Waals surface area contributed by atoms with E-state index >= 15 is 0 Å². The summed E-state index contributed by atoms with van der Waals surface area (Å²) in [6.45, 7) is 0. The smallest absolute Gasteiger partial charge is 0.284 e. The van der Waals surface area contributed by atoms with Gasteiger partial charge in [-0.3, -0.25) is 9.11 Å². The fourth-order valence-corrected chi connectivity index (χ4v) is 4.77. The molecule has 16 heavy (non-hydrogen) atoms. The standard InChI is InChI=1S/C8H16O6S2/c9-15(10,11)8(16(12,13)14)6-4-2-1-3-5-7-8/h1-7H2,(H,9,10,11)(H,12,13,14). The van der Waals surface area contributed by atoms with Crippen LogP contribution in [0.25, 0.3) is 0 Å². The minimum absolute atomic E-state index is 0.245. The van der Waals surface area contributed by atoms with Gasteiger partial charge in [0, 0.05) is 0 Å². The van der Waals surface area contributed by atoms with Crippen molar-refractivity contribution in [2.75, 3.05) is 0 Å². The Labute approximate surface area is 95.5 Å². The van der Waals surface area contributed by atoms with Gasteiger partial charge in [0.05, 0.1) is 0 Å². The molecule has 96 valence electrons. The maximum Gasteiger partial charge on any atom is 0.287 e. The van der Waals surface area contributed by atoms with Crippen molar-refractivity contribution in [3.63, 3.8) is 0 Å². The summed E-state index contributed by atoms with van der Waals surface area (Å²) in [5.74, 6) is 0. The van der Waals surface area contributed by atoms with E-state index in [4.69, 9.17) is 9.11 Å². The number of hydrogen-bond acceptors (Lipinski definition) is 4. The molecule has 1 fully saturated rings. The van der Waals surface area contributed by atoms with Crippen molar-refractivity contribution in [3.05, 3.63) is 0 Å². The summed E-state index contributed by atoms with van der Waals surface area (Å²) in [7, 11) is -9.65. The highest BCUT2D eigenvalue weighted by Gasteiger charge is 2.53. The first-order valence-electron chi connectivity index (χ1n) is 5.15. The van der Waals surface area contributed by atoms with Gasteiger partial charge in [0.2, 0.25) is 4.08 Å². The van der Waals surface area contributed by atoms with Gasteiger partial charge in [0.1, 0.15) is 0 Å². The van der Waals surface area contributed by atoms with Crippen LogP contribution in [0.2, 0.25) is 0 Å². The summed E-state index contributed by atoms with van der Waals surface area (Å²) in [5, 5.41) is 0. The van der Waals surface area contributed by atoms with Crippen LogP contribution in [0.4, 0.5) is 0 Å².